The topological polar surface area (TPSA) is 119 Å². The Hall–Kier alpha value is -2.04. The lowest BCUT2D eigenvalue weighted by Gasteiger charge is -2.30. The molecule has 132 valence electrons. The number of nitro benzene ring substituents is 1. The van der Waals surface area contributed by atoms with Gasteiger partial charge in [-0.25, -0.2) is 13.9 Å². The SMILES string of the molecule is CONC(=O)C1CCN(S(=O)(=O)c2cc([N+](=O)[O-])ccc2C)CC1. The number of aryl methyl sites for hydroxylation is 1. The van der Waals surface area contributed by atoms with E-state index in [1.807, 2.05) is 0 Å². The number of carbonyl (C=O) groups is 1. The number of piperidine rings is 1. The lowest BCUT2D eigenvalue weighted by atomic mass is 9.98. The number of hydrogen-bond donors (Lipinski definition) is 1. The van der Waals surface area contributed by atoms with Crippen molar-refractivity contribution in [3.63, 3.8) is 0 Å². The van der Waals surface area contributed by atoms with Crippen molar-refractivity contribution >= 4 is 21.6 Å². The van der Waals surface area contributed by atoms with Gasteiger partial charge in [0.1, 0.15) is 0 Å². The Morgan fingerprint density at radius 3 is 2.54 bits per heavy atom. The lowest BCUT2D eigenvalue weighted by molar-refractivity contribution is -0.385. The van der Waals surface area contributed by atoms with Crippen LogP contribution in [-0.2, 0) is 19.7 Å². The monoisotopic (exact) mass is 357 g/mol. The van der Waals surface area contributed by atoms with Crippen LogP contribution in [-0.4, -0.2) is 43.8 Å². The average molecular weight is 357 g/mol. The number of benzene rings is 1. The van der Waals surface area contributed by atoms with Crippen molar-refractivity contribution in [1.29, 1.82) is 0 Å². The summed E-state index contributed by atoms with van der Waals surface area (Å²) in [7, 11) is -2.51. The van der Waals surface area contributed by atoms with E-state index in [0.717, 1.165) is 6.07 Å². The van der Waals surface area contributed by atoms with E-state index >= 15 is 0 Å². The summed E-state index contributed by atoms with van der Waals surface area (Å²) >= 11 is 0. The van der Waals surface area contributed by atoms with Gasteiger partial charge in [-0.2, -0.15) is 4.31 Å². The van der Waals surface area contributed by atoms with Gasteiger partial charge >= 0.3 is 0 Å². The molecule has 0 unspecified atom stereocenters. The molecule has 1 aliphatic heterocycles. The maximum Gasteiger partial charge on any atom is 0.270 e. The summed E-state index contributed by atoms with van der Waals surface area (Å²) in [6.07, 6.45) is 0.727. The predicted octanol–water partition coefficient (Wildman–Crippen LogP) is 0.982. The van der Waals surface area contributed by atoms with Crippen molar-refractivity contribution in [3.05, 3.63) is 33.9 Å². The number of hydroxylamine groups is 1. The van der Waals surface area contributed by atoms with Gasteiger partial charge in [-0.05, 0) is 25.3 Å². The Morgan fingerprint density at radius 1 is 1.38 bits per heavy atom. The third-order valence-electron chi connectivity index (χ3n) is 4.03. The fraction of sp³-hybridized carbons (Fsp3) is 0.500. The van der Waals surface area contributed by atoms with Gasteiger partial charge in [0.15, 0.2) is 0 Å². The van der Waals surface area contributed by atoms with Gasteiger partial charge in [0.25, 0.3) is 5.69 Å². The highest BCUT2D eigenvalue weighted by Gasteiger charge is 2.33. The zero-order valence-electron chi connectivity index (χ0n) is 13.4. The minimum atomic E-state index is -3.84. The molecule has 1 N–H and O–H groups in total. The van der Waals surface area contributed by atoms with E-state index in [9.17, 15) is 23.3 Å². The van der Waals surface area contributed by atoms with Crippen LogP contribution in [0.3, 0.4) is 0 Å². The first-order chi connectivity index (χ1) is 11.3. The van der Waals surface area contributed by atoms with Crippen LogP contribution >= 0.6 is 0 Å². The standard InChI is InChI=1S/C14H19N3O6S/c1-10-3-4-12(17(19)20)9-13(10)24(21,22)16-7-5-11(6-8-16)14(18)15-23-2/h3-4,9,11H,5-8H2,1-2H3,(H,15,18). The smallest absolute Gasteiger partial charge is 0.270 e. The molecule has 1 aliphatic rings. The van der Waals surface area contributed by atoms with Gasteiger partial charge in [-0.15, -0.1) is 0 Å². The molecule has 1 heterocycles. The number of nitrogens with one attached hydrogen (secondary N) is 1. The number of sulfonamides is 1. The van der Waals surface area contributed by atoms with E-state index in [1.54, 1.807) is 6.92 Å². The molecule has 1 aromatic carbocycles. The van der Waals surface area contributed by atoms with Crippen molar-refractivity contribution in [2.75, 3.05) is 20.2 Å². The molecule has 0 aromatic heterocycles. The van der Waals surface area contributed by atoms with Crippen LogP contribution in [0.25, 0.3) is 0 Å². The van der Waals surface area contributed by atoms with E-state index in [-0.39, 0.29) is 35.5 Å². The van der Waals surface area contributed by atoms with Gasteiger partial charge in [0.2, 0.25) is 15.9 Å². The summed E-state index contributed by atoms with van der Waals surface area (Å²) in [5.74, 6) is -0.594. The number of hydrogen-bond acceptors (Lipinski definition) is 6. The molecule has 1 amide bonds. The number of non-ortho nitro benzene ring substituents is 1. The Kier molecular flexibility index (Phi) is 5.52. The Balaban J connectivity index is 2.19. The van der Waals surface area contributed by atoms with Crippen LogP contribution in [0.5, 0.6) is 0 Å². The first kappa shape index (κ1) is 18.3. The fourth-order valence-corrected chi connectivity index (χ4v) is 4.38. The van der Waals surface area contributed by atoms with Gasteiger partial charge in [-0.3, -0.25) is 19.7 Å². The molecule has 1 aromatic rings. The molecule has 9 nitrogen and oxygen atoms in total. The summed E-state index contributed by atoms with van der Waals surface area (Å²) in [4.78, 5) is 26.5. The third kappa shape index (κ3) is 3.71. The fourth-order valence-electron chi connectivity index (χ4n) is 2.66. The maximum atomic E-state index is 12.8. The van der Waals surface area contributed by atoms with Gasteiger partial charge < -0.3 is 0 Å². The molecule has 0 bridgehead atoms. The van der Waals surface area contributed by atoms with Crippen molar-refractivity contribution in [3.8, 4) is 0 Å². The number of carbonyl (C=O) groups excluding carboxylic acids is 1. The molecule has 0 saturated carbocycles. The number of nitro groups is 1. The normalized spacial score (nSPS) is 16.8. The summed E-state index contributed by atoms with van der Waals surface area (Å²) in [6, 6.07) is 3.77. The molecule has 0 radical (unpaired) electrons. The van der Waals surface area contributed by atoms with E-state index in [4.69, 9.17) is 0 Å². The van der Waals surface area contributed by atoms with Crippen LogP contribution in [0.4, 0.5) is 5.69 Å². The summed E-state index contributed by atoms with van der Waals surface area (Å²) in [5, 5.41) is 10.9. The van der Waals surface area contributed by atoms with E-state index < -0.39 is 14.9 Å². The second-order valence-corrected chi connectivity index (χ2v) is 7.46. The number of nitrogens with zero attached hydrogens (tertiary/aromatic N) is 2. The highest BCUT2D eigenvalue weighted by atomic mass is 32.2. The highest BCUT2D eigenvalue weighted by molar-refractivity contribution is 7.89. The number of rotatable bonds is 5. The van der Waals surface area contributed by atoms with Crippen molar-refractivity contribution < 1.29 is 23.0 Å². The van der Waals surface area contributed by atoms with Crippen LogP contribution in [0.2, 0.25) is 0 Å². The molecule has 10 heteroatoms. The maximum absolute atomic E-state index is 12.8. The Morgan fingerprint density at radius 2 is 2.00 bits per heavy atom. The Labute approximate surface area is 139 Å². The van der Waals surface area contributed by atoms with Gasteiger partial charge in [-0.1, -0.05) is 6.07 Å². The van der Waals surface area contributed by atoms with Crippen LogP contribution < -0.4 is 5.48 Å². The van der Waals surface area contributed by atoms with E-state index in [2.05, 4.69) is 10.3 Å². The van der Waals surface area contributed by atoms with Crippen LogP contribution in [0.1, 0.15) is 18.4 Å². The van der Waals surface area contributed by atoms with Gasteiger partial charge in [0, 0.05) is 31.1 Å². The molecule has 1 saturated heterocycles. The second-order valence-electron chi connectivity index (χ2n) is 5.56. The Bertz CT molecular complexity index is 741. The molecule has 0 spiro atoms. The predicted molar refractivity (Wildman–Crippen MR) is 84.5 cm³/mol. The molecule has 0 atom stereocenters. The summed E-state index contributed by atoms with van der Waals surface area (Å²) in [6.45, 7) is 1.94. The molecule has 1 fully saturated rings. The van der Waals surface area contributed by atoms with Gasteiger partial charge in [0.05, 0.1) is 16.9 Å². The molecular formula is C14H19N3O6S. The summed E-state index contributed by atoms with van der Waals surface area (Å²) < 4.78 is 26.8. The van der Waals surface area contributed by atoms with E-state index in [0.29, 0.717) is 18.4 Å². The average Bonchev–Trinajstić information content (AvgIpc) is 2.55. The molecule has 24 heavy (non-hydrogen) atoms. The minimum Gasteiger partial charge on any atom is -0.277 e. The minimum absolute atomic E-state index is 0.0727. The van der Waals surface area contributed by atoms with Crippen molar-refractivity contribution in [2.45, 2.75) is 24.7 Å². The quantitative estimate of drug-likeness (QED) is 0.620. The largest absolute Gasteiger partial charge is 0.277 e. The van der Waals surface area contributed by atoms with Crippen LogP contribution in [0, 0.1) is 23.0 Å². The lowest BCUT2D eigenvalue weighted by Crippen LogP contribution is -2.42. The summed E-state index contributed by atoms with van der Waals surface area (Å²) in [5.41, 5.74) is 2.42. The zero-order valence-corrected chi connectivity index (χ0v) is 14.2. The molecular weight excluding hydrogens is 338 g/mol. The number of amides is 1. The second kappa shape index (κ2) is 7.24. The molecule has 2 rings (SSSR count). The molecule has 0 aliphatic carbocycles. The van der Waals surface area contributed by atoms with Crippen molar-refractivity contribution in [2.24, 2.45) is 5.92 Å². The third-order valence-corrected chi connectivity index (χ3v) is 6.07. The van der Waals surface area contributed by atoms with E-state index in [1.165, 1.54) is 23.5 Å². The zero-order chi connectivity index (χ0) is 17.9. The first-order valence-corrected chi connectivity index (χ1v) is 8.79. The first-order valence-electron chi connectivity index (χ1n) is 7.35. The van der Waals surface area contributed by atoms with Crippen LogP contribution in [0.15, 0.2) is 23.1 Å². The highest BCUT2D eigenvalue weighted by Crippen LogP contribution is 2.28. The van der Waals surface area contributed by atoms with Crippen molar-refractivity contribution in [1.82, 2.24) is 9.79 Å².